The van der Waals surface area contributed by atoms with Crippen molar-refractivity contribution in [3.05, 3.63) is 262 Å². The quantitative estimate of drug-likeness (QED) is 0.0462. The summed E-state index contributed by atoms with van der Waals surface area (Å²) in [5.74, 6) is 8.26. The molecule has 6 heterocycles. The summed E-state index contributed by atoms with van der Waals surface area (Å²) >= 11 is 12.4. The molecule has 0 amide bonds. The lowest BCUT2D eigenvalue weighted by atomic mass is 9.97. The van der Waals surface area contributed by atoms with Crippen molar-refractivity contribution in [1.82, 2.24) is 0 Å². The Labute approximate surface area is 776 Å². The van der Waals surface area contributed by atoms with Crippen LogP contribution in [-0.2, 0) is 18.5 Å². The first-order valence-corrected chi connectivity index (χ1v) is 43.1. The number of aryl methyl sites for hydroxylation is 2. The lowest BCUT2D eigenvalue weighted by Gasteiger charge is -2.28. The standard InChI is InChI=1S/C18H21NO3.C17H16F3NO3.C17H19NO3.C16H13ClF3NO2.C16H16ClNO3.C16H13F4NO2/c1-3-20-13-7-8-15(12(2)9-13)16-5-4-6-17-18(16)22-14(10-19)11-21-17;1-22-10-5-6-12(14(7-10)17(18,19)20)13-3-2-4-15-16(13)24-11(8-21)9-23-15;1-11-8-12(19-2)6-7-14(11)15-4-3-5-16-17(15)21-13(9-18)10-20-16;17-13-6-9(16(18,19)20)4-5-11(13)12-2-1-3-14-15(12)23-10(7-21)8-22-14;1-19-10-5-6-12(14(17)7-10)13-3-2-4-15-16(13)21-11(8-18)9-20-15;17-9-4-5-11(13(6-9)16(18,19)20)12-2-1-3-14-15(12)23-10(7-21)8-22-14/h4-9,14H,3,10-11,19H2,1-2H3;2-7,11H,8-9,21H2,1H3;3-8,13H,9-10,18H2,1-2H3;1-6,10H,7-8,21H2;2-7,11H,8-9,18H2,1H3;1-6,10H,7-8,21H2/t14-;11-;13-;10-;11-;10-/m000000/s1. The van der Waals surface area contributed by atoms with Crippen LogP contribution < -0.4 is 110 Å². The van der Waals surface area contributed by atoms with E-state index in [2.05, 4.69) is 19.9 Å². The van der Waals surface area contributed by atoms with Crippen molar-refractivity contribution in [2.45, 2.75) is 75.9 Å². The Balaban J connectivity index is 0.000000136. The number of benzene rings is 12. The number of para-hydroxylation sites is 6. The summed E-state index contributed by atoms with van der Waals surface area (Å²) in [7, 11) is 4.60. The molecule has 12 aromatic carbocycles. The second kappa shape index (κ2) is 44.3. The van der Waals surface area contributed by atoms with Crippen molar-refractivity contribution in [1.29, 1.82) is 0 Å². The van der Waals surface area contributed by atoms with Crippen LogP contribution in [0.25, 0.3) is 66.8 Å². The molecule has 0 saturated heterocycles. The number of ether oxygens (including phenoxy) is 16. The van der Waals surface area contributed by atoms with Crippen LogP contribution in [0.4, 0.5) is 43.9 Å². The summed E-state index contributed by atoms with van der Waals surface area (Å²) in [6.07, 6.45) is -15.2. The van der Waals surface area contributed by atoms with Crippen molar-refractivity contribution in [3.63, 3.8) is 0 Å². The summed E-state index contributed by atoms with van der Waals surface area (Å²) in [5.41, 5.74) is 40.7. The fourth-order valence-electron chi connectivity index (χ4n) is 14.9. The van der Waals surface area contributed by atoms with Crippen LogP contribution in [0.5, 0.6) is 92.0 Å². The van der Waals surface area contributed by atoms with Crippen molar-refractivity contribution < 1.29 is 120 Å². The highest BCUT2D eigenvalue weighted by atomic mass is 35.5. The molecule has 0 spiro atoms. The highest BCUT2D eigenvalue weighted by Crippen LogP contribution is 2.52. The molecule has 0 fully saturated rings. The van der Waals surface area contributed by atoms with Gasteiger partial charge in [-0.2, -0.15) is 39.5 Å². The highest BCUT2D eigenvalue weighted by molar-refractivity contribution is 6.34. The second-order valence-electron chi connectivity index (χ2n) is 30.7. The van der Waals surface area contributed by atoms with Crippen LogP contribution in [0.1, 0.15) is 34.7 Å². The third-order valence-electron chi connectivity index (χ3n) is 21.7. The van der Waals surface area contributed by atoms with E-state index in [0.29, 0.717) is 121 Å². The molecule has 6 aliphatic heterocycles. The normalized spacial score (nSPS) is 16.8. The van der Waals surface area contributed by atoms with Gasteiger partial charge in [-0.3, -0.25) is 0 Å². The van der Waals surface area contributed by atoms with Crippen LogP contribution in [0.2, 0.25) is 10.0 Å². The maximum absolute atomic E-state index is 13.5. The molecule has 0 radical (unpaired) electrons. The van der Waals surface area contributed by atoms with Crippen LogP contribution in [-0.4, -0.2) is 143 Å². The molecular formula is C100H98Cl2F10N6O16. The van der Waals surface area contributed by atoms with Gasteiger partial charge in [-0.25, -0.2) is 4.39 Å². The Hall–Kier alpha value is -12.9. The molecule has 708 valence electrons. The average molecular weight is 1900 g/mol. The average Bonchev–Trinajstić information content (AvgIpc) is 0.820. The fraction of sp³-hybridized carbons (Fsp3) is 0.280. The predicted octanol–water partition coefficient (Wildman–Crippen LogP) is 20.3. The molecule has 6 atom stereocenters. The molecule has 0 aromatic heterocycles. The number of methoxy groups -OCH3 is 3. The number of hydrogen-bond donors (Lipinski definition) is 6. The molecule has 0 unspecified atom stereocenters. The maximum Gasteiger partial charge on any atom is 0.417 e. The number of rotatable bonds is 17. The van der Waals surface area contributed by atoms with E-state index in [4.69, 9.17) is 133 Å². The third kappa shape index (κ3) is 23.5. The summed E-state index contributed by atoms with van der Waals surface area (Å²) in [5, 5.41) is 0.591. The molecule has 18 rings (SSSR count). The zero-order chi connectivity index (χ0) is 95.7. The van der Waals surface area contributed by atoms with E-state index in [1.807, 2.05) is 104 Å². The van der Waals surface area contributed by atoms with E-state index < -0.39 is 53.2 Å². The number of nitrogens with two attached hydrogens (primary N) is 6. The Kier molecular flexibility index (Phi) is 32.6. The Morgan fingerprint density at radius 3 is 0.851 bits per heavy atom. The van der Waals surface area contributed by atoms with Gasteiger partial charge in [0.2, 0.25) is 0 Å². The number of alkyl halides is 9. The first-order chi connectivity index (χ1) is 64.4. The first-order valence-electron chi connectivity index (χ1n) is 42.4. The molecule has 12 N–H and O–H groups in total. The van der Waals surface area contributed by atoms with E-state index in [1.54, 1.807) is 68.8 Å². The minimum Gasteiger partial charge on any atom is -0.497 e. The zero-order valence-corrected chi connectivity index (χ0v) is 75.0. The van der Waals surface area contributed by atoms with E-state index in [1.165, 1.54) is 31.4 Å². The molecule has 0 bridgehead atoms. The van der Waals surface area contributed by atoms with Crippen molar-refractivity contribution >= 4 is 23.2 Å². The summed E-state index contributed by atoms with van der Waals surface area (Å²) in [6, 6.07) is 59.5. The highest BCUT2D eigenvalue weighted by Gasteiger charge is 2.40. The topological polar surface area (TPSA) is 304 Å². The minimum absolute atomic E-state index is 0.00132. The van der Waals surface area contributed by atoms with E-state index in [-0.39, 0.29) is 96.2 Å². The van der Waals surface area contributed by atoms with Gasteiger partial charge in [0.05, 0.1) is 49.6 Å². The monoisotopic (exact) mass is 1900 g/mol. The van der Waals surface area contributed by atoms with E-state index >= 15 is 0 Å². The van der Waals surface area contributed by atoms with Gasteiger partial charge in [-0.1, -0.05) is 120 Å². The van der Waals surface area contributed by atoms with Gasteiger partial charge in [0, 0.05) is 88.8 Å². The summed E-state index contributed by atoms with van der Waals surface area (Å²) in [4.78, 5) is 0. The Morgan fingerprint density at radius 1 is 0.299 bits per heavy atom. The second-order valence-corrected chi connectivity index (χ2v) is 31.6. The van der Waals surface area contributed by atoms with Crippen LogP contribution >= 0.6 is 23.2 Å². The maximum atomic E-state index is 13.5. The lowest BCUT2D eigenvalue weighted by molar-refractivity contribution is -0.138. The van der Waals surface area contributed by atoms with Gasteiger partial charge in [-0.05, 0) is 175 Å². The van der Waals surface area contributed by atoms with Crippen molar-refractivity contribution in [2.75, 3.05) is 107 Å². The lowest BCUT2D eigenvalue weighted by Crippen LogP contribution is -2.35. The molecule has 6 aliphatic rings. The van der Waals surface area contributed by atoms with E-state index in [0.717, 1.165) is 109 Å². The van der Waals surface area contributed by atoms with Crippen LogP contribution in [0, 0.1) is 19.7 Å². The van der Waals surface area contributed by atoms with Gasteiger partial charge in [-0.15, -0.1) is 0 Å². The predicted molar refractivity (Wildman–Crippen MR) is 490 cm³/mol. The van der Waals surface area contributed by atoms with E-state index in [9.17, 15) is 43.9 Å². The van der Waals surface area contributed by atoms with Gasteiger partial charge in [0.25, 0.3) is 0 Å². The van der Waals surface area contributed by atoms with Crippen LogP contribution in [0.15, 0.2) is 218 Å². The van der Waals surface area contributed by atoms with Gasteiger partial charge in [0.1, 0.15) is 105 Å². The minimum atomic E-state index is -4.69. The molecule has 22 nitrogen and oxygen atoms in total. The number of fused-ring (bicyclic) bond motifs is 6. The van der Waals surface area contributed by atoms with Crippen molar-refractivity contribution in [2.24, 2.45) is 34.4 Å². The Morgan fingerprint density at radius 2 is 0.560 bits per heavy atom. The molecular weight excluding hydrogens is 1800 g/mol. The Bertz CT molecular complexity index is 5960. The zero-order valence-electron chi connectivity index (χ0n) is 73.5. The summed E-state index contributed by atoms with van der Waals surface area (Å²) in [6.45, 7) is 11.0. The number of hydrogen-bond acceptors (Lipinski definition) is 22. The smallest absolute Gasteiger partial charge is 0.417 e. The SMILES string of the molecule is CCOc1ccc(-c2cccc3c2O[C@@H](CN)CO3)c(C)c1.COc1ccc(-c2cccc3c2O[C@@H](CN)CO3)c(C(F)(F)F)c1.COc1ccc(-c2cccc3c2O[C@@H](CN)CO3)c(C)c1.COc1ccc(-c2cccc3c2O[C@@H](CN)CO3)c(Cl)c1.NC[C@H]1COc2cccc(-c3ccc(C(F)(F)F)cc3Cl)c2O1.NC[C@H]1COc2cccc(-c3ccc(F)cc3C(F)(F)F)c2O1. The molecule has 12 aromatic rings. The summed E-state index contributed by atoms with van der Waals surface area (Å²) < 4.78 is 222. The first kappa shape index (κ1) is 98.6. The fourth-order valence-corrected chi connectivity index (χ4v) is 15.4. The molecule has 34 heteroatoms. The molecule has 134 heavy (non-hydrogen) atoms. The van der Waals surface area contributed by atoms with Gasteiger partial charge < -0.3 is 110 Å². The van der Waals surface area contributed by atoms with Gasteiger partial charge in [0.15, 0.2) is 69.0 Å². The molecule has 0 aliphatic carbocycles. The van der Waals surface area contributed by atoms with Gasteiger partial charge >= 0.3 is 18.5 Å². The van der Waals surface area contributed by atoms with Crippen molar-refractivity contribution in [3.8, 4) is 159 Å². The van der Waals surface area contributed by atoms with Crippen LogP contribution in [0.3, 0.4) is 0 Å². The third-order valence-corrected chi connectivity index (χ3v) is 22.3. The number of halogens is 12. The molecule has 0 saturated carbocycles. The largest absolute Gasteiger partial charge is 0.497 e.